The fourth-order valence-corrected chi connectivity index (χ4v) is 4.56. The Balaban J connectivity index is 1.24. The van der Waals surface area contributed by atoms with Crippen LogP contribution >= 0.6 is 11.5 Å². The first-order valence-corrected chi connectivity index (χ1v) is 11.4. The van der Waals surface area contributed by atoms with Gasteiger partial charge in [-0.25, -0.2) is 9.97 Å². The molecule has 10 heteroatoms. The summed E-state index contributed by atoms with van der Waals surface area (Å²) in [6, 6.07) is 2.02. The van der Waals surface area contributed by atoms with Crippen LogP contribution in [0.5, 0.6) is 0 Å². The van der Waals surface area contributed by atoms with Crippen LogP contribution in [0.25, 0.3) is 16.9 Å². The molecule has 0 aliphatic carbocycles. The summed E-state index contributed by atoms with van der Waals surface area (Å²) in [5.41, 5.74) is 4.52. The Labute approximate surface area is 184 Å². The Morgan fingerprint density at radius 3 is 2.97 bits per heavy atom. The van der Waals surface area contributed by atoms with Crippen molar-refractivity contribution in [3.05, 3.63) is 42.2 Å². The Kier molecular flexibility index (Phi) is 5.92. The van der Waals surface area contributed by atoms with Gasteiger partial charge in [-0.3, -0.25) is 9.50 Å². The van der Waals surface area contributed by atoms with E-state index in [2.05, 4.69) is 34.8 Å². The Hall–Kier alpha value is -2.82. The summed E-state index contributed by atoms with van der Waals surface area (Å²) in [7, 11) is 0. The predicted molar refractivity (Wildman–Crippen MR) is 121 cm³/mol. The van der Waals surface area contributed by atoms with Crippen LogP contribution in [-0.2, 0) is 11.3 Å². The summed E-state index contributed by atoms with van der Waals surface area (Å²) in [4.78, 5) is 11.7. The zero-order valence-electron chi connectivity index (χ0n) is 17.5. The molecule has 0 saturated carbocycles. The molecule has 1 fully saturated rings. The molecule has 162 valence electrons. The Bertz CT molecular complexity index is 1130. The van der Waals surface area contributed by atoms with E-state index in [0.29, 0.717) is 12.4 Å². The number of aryl methyl sites for hydroxylation is 1. The molecule has 1 aliphatic heterocycles. The fourth-order valence-electron chi connectivity index (χ4n) is 3.91. The fraction of sp³-hybridized carbons (Fsp3) is 0.429. The molecular weight excluding hydrogens is 412 g/mol. The van der Waals surface area contributed by atoms with E-state index >= 15 is 0 Å². The molecule has 0 radical (unpaired) electrons. The highest BCUT2D eigenvalue weighted by molar-refractivity contribution is 7.10. The van der Waals surface area contributed by atoms with Gasteiger partial charge in [0.15, 0.2) is 11.5 Å². The molecule has 0 amide bonds. The third kappa shape index (κ3) is 4.60. The zero-order chi connectivity index (χ0) is 21.0. The van der Waals surface area contributed by atoms with Gasteiger partial charge in [0, 0.05) is 24.5 Å². The van der Waals surface area contributed by atoms with E-state index in [0.717, 1.165) is 46.4 Å². The summed E-state index contributed by atoms with van der Waals surface area (Å²) in [5.74, 6) is 0.705. The molecule has 0 spiro atoms. The van der Waals surface area contributed by atoms with Gasteiger partial charge in [0.05, 0.1) is 42.7 Å². The van der Waals surface area contributed by atoms with Crippen LogP contribution in [0.1, 0.15) is 30.7 Å². The van der Waals surface area contributed by atoms with Gasteiger partial charge in [-0.05, 0) is 50.5 Å². The van der Waals surface area contributed by atoms with Crippen LogP contribution in [-0.4, -0.2) is 60.1 Å². The average molecular weight is 439 g/mol. The third-order valence-corrected chi connectivity index (χ3v) is 6.20. The standard InChI is InChI=1S/C21H26N8OS/c1-15-13-29-18(16-10-23-24-11-16)12-22-21(29)20(25-15)26-19-9-17(27-31-19)14-30-8-7-28-5-3-2-4-6-28/h9-13H,2-8,14H2,1H3,(H,23,24)(H,25,26). The highest BCUT2D eigenvalue weighted by Gasteiger charge is 2.14. The van der Waals surface area contributed by atoms with Gasteiger partial charge in [-0.15, -0.1) is 0 Å². The number of nitrogens with one attached hydrogen (secondary N) is 2. The van der Waals surface area contributed by atoms with Crippen molar-refractivity contribution in [2.75, 3.05) is 31.6 Å². The molecule has 0 bridgehead atoms. The van der Waals surface area contributed by atoms with Crippen LogP contribution in [0.3, 0.4) is 0 Å². The van der Waals surface area contributed by atoms with E-state index in [1.807, 2.05) is 36.0 Å². The molecule has 4 aromatic heterocycles. The highest BCUT2D eigenvalue weighted by Crippen LogP contribution is 2.27. The minimum Gasteiger partial charge on any atom is -0.374 e. The quantitative estimate of drug-likeness (QED) is 0.406. The molecule has 4 aromatic rings. The molecule has 0 aromatic carbocycles. The number of anilines is 2. The van der Waals surface area contributed by atoms with Gasteiger partial charge >= 0.3 is 0 Å². The molecule has 2 N–H and O–H groups in total. The van der Waals surface area contributed by atoms with Gasteiger partial charge in [-0.2, -0.15) is 9.47 Å². The Morgan fingerprint density at radius 1 is 1.23 bits per heavy atom. The van der Waals surface area contributed by atoms with Crippen molar-refractivity contribution in [1.29, 1.82) is 0 Å². The number of piperidine rings is 1. The summed E-state index contributed by atoms with van der Waals surface area (Å²) in [6.07, 6.45) is 11.4. The van der Waals surface area contributed by atoms with E-state index < -0.39 is 0 Å². The first-order valence-electron chi connectivity index (χ1n) is 10.6. The second-order valence-corrected chi connectivity index (χ2v) is 8.62. The molecule has 1 saturated heterocycles. The minimum atomic E-state index is 0.524. The smallest absolute Gasteiger partial charge is 0.180 e. The lowest BCUT2D eigenvalue weighted by Crippen LogP contribution is -2.32. The first-order chi connectivity index (χ1) is 15.3. The average Bonchev–Trinajstić information content (AvgIpc) is 3.53. The summed E-state index contributed by atoms with van der Waals surface area (Å²) in [6.45, 7) is 6.63. The Morgan fingerprint density at radius 2 is 2.13 bits per heavy atom. The maximum Gasteiger partial charge on any atom is 0.180 e. The molecule has 31 heavy (non-hydrogen) atoms. The zero-order valence-corrected chi connectivity index (χ0v) is 18.4. The van der Waals surface area contributed by atoms with Gasteiger partial charge in [0.1, 0.15) is 5.00 Å². The van der Waals surface area contributed by atoms with E-state index in [4.69, 9.17) is 4.74 Å². The maximum atomic E-state index is 5.85. The van der Waals surface area contributed by atoms with Crippen molar-refractivity contribution in [3.63, 3.8) is 0 Å². The van der Waals surface area contributed by atoms with Crippen LogP contribution < -0.4 is 5.32 Å². The topological polar surface area (TPSA) is 96.3 Å². The van der Waals surface area contributed by atoms with Crippen molar-refractivity contribution in [1.82, 2.24) is 33.8 Å². The number of hydrogen-bond donors (Lipinski definition) is 2. The van der Waals surface area contributed by atoms with E-state index in [1.54, 1.807) is 6.20 Å². The molecule has 5 rings (SSSR count). The third-order valence-electron chi connectivity index (χ3n) is 5.46. The molecule has 0 unspecified atom stereocenters. The number of imidazole rings is 1. The number of likely N-dealkylation sites (tertiary alicyclic amines) is 1. The van der Waals surface area contributed by atoms with Gasteiger partial charge in [0.25, 0.3) is 0 Å². The van der Waals surface area contributed by atoms with Crippen molar-refractivity contribution in [2.45, 2.75) is 32.8 Å². The molecule has 5 heterocycles. The van der Waals surface area contributed by atoms with Crippen LogP contribution in [0.4, 0.5) is 10.8 Å². The van der Waals surface area contributed by atoms with Gasteiger partial charge in [-0.1, -0.05) is 6.42 Å². The predicted octanol–water partition coefficient (Wildman–Crippen LogP) is 3.63. The lowest BCUT2D eigenvalue weighted by molar-refractivity contribution is 0.0850. The van der Waals surface area contributed by atoms with Crippen LogP contribution in [0.2, 0.25) is 0 Å². The number of fused-ring (bicyclic) bond motifs is 1. The number of ether oxygens (including phenoxy) is 1. The number of hydrogen-bond acceptors (Lipinski definition) is 8. The molecule has 9 nitrogen and oxygen atoms in total. The van der Waals surface area contributed by atoms with Gasteiger partial charge in [0.2, 0.25) is 0 Å². The molecule has 1 aliphatic rings. The summed E-state index contributed by atoms with van der Waals surface area (Å²) in [5, 5.41) is 11.2. The lowest BCUT2D eigenvalue weighted by Gasteiger charge is -2.25. The van der Waals surface area contributed by atoms with Crippen LogP contribution in [0.15, 0.2) is 30.9 Å². The van der Waals surface area contributed by atoms with Crippen molar-refractivity contribution in [3.8, 4) is 11.3 Å². The second kappa shape index (κ2) is 9.13. The first kappa shape index (κ1) is 20.1. The second-order valence-electron chi connectivity index (χ2n) is 7.82. The number of aromatic amines is 1. The number of aromatic nitrogens is 6. The maximum absolute atomic E-state index is 5.85. The van der Waals surface area contributed by atoms with Crippen LogP contribution in [0, 0.1) is 6.92 Å². The lowest BCUT2D eigenvalue weighted by atomic mass is 10.1. The molecule has 0 atom stereocenters. The normalized spacial score (nSPS) is 15.0. The molecular formula is C21H26N8OS. The number of rotatable bonds is 8. The van der Waals surface area contributed by atoms with E-state index in [1.165, 1.54) is 43.9 Å². The largest absolute Gasteiger partial charge is 0.374 e. The summed E-state index contributed by atoms with van der Waals surface area (Å²) < 4.78 is 12.4. The summed E-state index contributed by atoms with van der Waals surface area (Å²) >= 11 is 1.41. The SMILES string of the molecule is Cc1cn2c(-c3cn[nH]c3)cnc2c(Nc2cc(COCCN3CCCCC3)ns2)n1. The van der Waals surface area contributed by atoms with Crippen molar-refractivity contribution in [2.24, 2.45) is 0 Å². The van der Waals surface area contributed by atoms with Crippen molar-refractivity contribution >= 4 is 28.0 Å². The monoisotopic (exact) mass is 438 g/mol. The minimum absolute atomic E-state index is 0.524. The van der Waals surface area contributed by atoms with E-state index in [9.17, 15) is 0 Å². The number of nitrogens with zero attached hydrogens (tertiary/aromatic N) is 6. The highest BCUT2D eigenvalue weighted by atomic mass is 32.1. The van der Waals surface area contributed by atoms with Gasteiger partial charge < -0.3 is 15.0 Å². The van der Waals surface area contributed by atoms with E-state index in [-0.39, 0.29) is 0 Å². The number of H-pyrrole nitrogens is 1. The van der Waals surface area contributed by atoms with Crippen molar-refractivity contribution < 1.29 is 4.74 Å².